The number of aromatic nitrogens is 1. The van der Waals surface area contributed by atoms with Crippen molar-refractivity contribution in [1.29, 1.82) is 0 Å². The fraction of sp³-hybridized carbons (Fsp3) is 0.158. The molecule has 0 fully saturated rings. The molecule has 0 amide bonds. The van der Waals surface area contributed by atoms with Gasteiger partial charge in [0.2, 0.25) is 0 Å². The van der Waals surface area contributed by atoms with Gasteiger partial charge in [0, 0.05) is 16.5 Å². The van der Waals surface area contributed by atoms with Crippen LogP contribution >= 0.6 is 11.8 Å². The standard InChI is InChI=1S/C19H16FNO2S/c1-19(2,23-12-22)24-18-8-9-21-17-7-6-14(11-16(17)18)13-4-3-5-15(20)10-13/h3-12H,1-2H3. The third-order valence-electron chi connectivity index (χ3n) is 3.55. The van der Waals surface area contributed by atoms with Crippen molar-refractivity contribution < 1.29 is 13.9 Å². The Hall–Kier alpha value is -2.40. The third kappa shape index (κ3) is 3.57. The number of pyridine rings is 1. The molecule has 3 aromatic rings. The Labute approximate surface area is 143 Å². The number of hydrogen-bond donors (Lipinski definition) is 0. The molecule has 3 nitrogen and oxygen atoms in total. The zero-order chi connectivity index (χ0) is 17.2. The molecule has 5 heteroatoms. The predicted molar refractivity (Wildman–Crippen MR) is 94.2 cm³/mol. The number of hydrogen-bond acceptors (Lipinski definition) is 4. The van der Waals surface area contributed by atoms with E-state index in [0.29, 0.717) is 6.47 Å². The van der Waals surface area contributed by atoms with E-state index in [9.17, 15) is 9.18 Å². The second kappa shape index (κ2) is 6.61. The monoisotopic (exact) mass is 341 g/mol. The van der Waals surface area contributed by atoms with E-state index in [1.54, 1.807) is 12.3 Å². The van der Waals surface area contributed by atoms with Gasteiger partial charge in [0.25, 0.3) is 6.47 Å². The smallest absolute Gasteiger partial charge is 0.294 e. The molecule has 0 atom stereocenters. The quantitative estimate of drug-likeness (QED) is 0.370. The third-order valence-corrected chi connectivity index (χ3v) is 4.71. The molecule has 0 saturated heterocycles. The highest BCUT2D eigenvalue weighted by Crippen LogP contribution is 2.38. The van der Waals surface area contributed by atoms with Gasteiger partial charge in [-0.3, -0.25) is 9.78 Å². The summed E-state index contributed by atoms with van der Waals surface area (Å²) in [5, 5.41) is 0.937. The lowest BCUT2D eigenvalue weighted by molar-refractivity contribution is -0.133. The highest BCUT2D eigenvalue weighted by Gasteiger charge is 2.22. The van der Waals surface area contributed by atoms with Crippen LogP contribution in [0.4, 0.5) is 4.39 Å². The molecule has 0 N–H and O–H groups in total. The van der Waals surface area contributed by atoms with E-state index < -0.39 is 4.93 Å². The van der Waals surface area contributed by atoms with Crippen molar-refractivity contribution >= 4 is 29.1 Å². The number of halogens is 1. The van der Waals surface area contributed by atoms with Crippen molar-refractivity contribution in [2.75, 3.05) is 0 Å². The first-order chi connectivity index (χ1) is 11.5. The van der Waals surface area contributed by atoms with Crippen LogP contribution in [0, 0.1) is 5.82 Å². The predicted octanol–water partition coefficient (Wildman–Crippen LogP) is 5.04. The second-order valence-electron chi connectivity index (χ2n) is 5.77. The van der Waals surface area contributed by atoms with E-state index in [1.165, 1.54) is 23.9 Å². The number of carbonyl (C=O) groups excluding carboxylic acids is 1. The Morgan fingerprint density at radius 1 is 1.12 bits per heavy atom. The molecule has 2 aromatic carbocycles. The summed E-state index contributed by atoms with van der Waals surface area (Å²) in [6.45, 7) is 4.11. The van der Waals surface area contributed by atoms with Crippen molar-refractivity contribution in [2.24, 2.45) is 0 Å². The molecule has 122 valence electrons. The minimum Gasteiger partial charge on any atom is -0.450 e. The Bertz CT molecular complexity index is 895. The normalized spacial score (nSPS) is 11.5. The molecule has 1 aromatic heterocycles. The van der Waals surface area contributed by atoms with Crippen LogP contribution in [0.1, 0.15) is 13.8 Å². The molecular weight excluding hydrogens is 325 g/mol. The van der Waals surface area contributed by atoms with Gasteiger partial charge in [-0.25, -0.2) is 4.39 Å². The van der Waals surface area contributed by atoms with Crippen LogP contribution in [-0.4, -0.2) is 16.4 Å². The molecule has 24 heavy (non-hydrogen) atoms. The van der Waals surface area contributed by atoms with Gasteiger partial charge in [-0.1, -0.05) is 30.0 Å². The SMILES string of the molecule is CC(C)(OC=O)Sc1ccnc2ccc(-c3cccc(F)c3)cc12. The molecule has 0 aliphatic carbocycles. The van der Waals surface area contributed by atoms with Crippen LogP contribution in [0.2, 0.25) is 0 Å². The van der Waals surface area contributed by atoms with Crippen LogP contribution in [0.5, 0.6) is 0 Å². The average Bonchev–Trinajstić information content (AvgIpc) is 2.54. The van der Waals surface area contributed by atoms with Gasteiger partial charge in [0.1, 0.15) is 5.82 Å². The number of fused-ring (bicyclic) bond motifs is 1. The van der Waals surface area contributed by atoms with Gasteiger partial charge in [-0.2, -0.15) is 0 Å². The summed E-state index contributed by atoms with van der Waals surface area (Å²) in [6, 6.07) is 14.2. The number of carbonyl (C=O) groups is 1. The Kier molecular flexibility index (Phi) is 4.53. The number of benzene rings is 2. The maximum Gasteiger partial charge on any atom is 0.294 e. The van der Waals surface area contributed by atoms with Crippen LogP contribution < -0.4 is 0 Å². The molecule has 0 aliphatic heterocycles. The zero-order valence-electron chi connectivity index (χ0n) is 13.3. The average molecular weight is 341 g/mol. The fourth-order valence-electron chi connectivity index (χ4n) is 2.46. The Morgan fingerprint density at radius 3 is 2.67 bits per heavy atom. The van der Waals surface area contributed by atoms with Crippen LogP contribution in [0.3, 0.4) is 0 Å². The minimum atomic E-state index is -0.690. The van der Waals surface area contributed by atoms with E-state index in [4.69, 9.17) is 4.74 Å². The number of nitrogens with zero attached hydrogens (tertiary/aromatic N) is 1. The topological polar surface area (TPSA) is 39.2 Å². The Balaban J connectivity index is 2.08. The Morgan fingerprint density at radius 2 is 1.92 bits per heavy atom. The summed E-state index contributed by atoms with van der Waals surface area (Å²) in [5.41, 5.74) is 2.55. The van der Waals surface area contributed by atoms with Crippen molar-refractivity contribution in [3.05, 3.63) is 60.5 Å². The lowest BCUT2D eigenvalue weighted by Crippen LogP contribution is -2.18. The molecule has 0 saturated carbocycles. The maximum atomic E-state index is 13.5. The summed E-state index contributed by atoms with van der Waals surface area (Å²) < 4.78 is 18.6. The molecule has 1 heterocycles. The van der Waals surface area contributed by atoms with Gasteiger partial charge in [0.15, 0.2) is 4.93 Å². The highest BCUT2D eigenvalue weighted by molar-refractivity contribution is 8.00. The molecule has 0 radical (unpaired) electrons. The number of rotatable bonds is 5. The zero-order valence-corrected chi connectivity index (χ0v) is 14.1. The highest BCUT2D eigenvalue weighted by atomic mass is 32.2. The molecule has 0 unspecified atom stereocenters. The number of ether oxygens (including phenoxy) is 1. The van der Waals surface area contributed by atoms with Crippen molar-refractivity contribution in [3.8, 4) is 11.1 Å². The molecule has 0 aliphatic rings. The van der Waals surface area contributed by atoms with Gasteiger partial charge >= 0.3 is 0 Å². The van der Waals surface area contributed by atoms with E-state index in [-0.39, 0.29) is 5.82 Å². The van der Waals surface area contributed by atoms with Crippen LogP contribution in [-0.2, 0) is 9.53 Å². The first kappa shape index (κ1) is 16.5. The van der Waals surface area contributed by atoms with Crippen molar-refractivity contribution in [2.45, 2.75) is 23.7 Å². The van der Waals surface area contributed by atoms with Gasteiger partial charge < -0.3 is 4.74 Å². The van der Waals surface area contributed by atoms with E-state index in [2.05, 4.69) is 4.98 Å². The summed E-state index contributed by atoms with van der Waals surface area (Å²) in [7, 11) is 0. The van der Waals surface area contributed by atoms with E-state index in [1.807, 2.05) is 44.2 Å². The van der Waals surface area contributed by atoms with Crippen molar-refractivity contribution in [1.82, 2.24) is 4.98 Å². The minimum absolute atomic E-state index is 0.270. The lowest BCUT2D eigenvalue weighted by Gasteiger charge is -2.22. The van der Waals surface area contributed by atoms with Crippen molar-refractivity contribution in [3.63, 3.8) is 0 Å². The summed E-state index contributed by atoms with van der Waals surface area (Å²) in [5.74, 6) is -0.270. The molecule has 0 spiro atoms. The second-order valence-corrected chi connectivity index (χ2v) is 7.39. The lowest BCUT2D eigenvalue weighted by atomic mass is 10.0. The first-order valence-electron chi connectivity index (χ1n) is 7.44. The summed E-state index contributed by atoms with van der Waals surface area (Å²) >= 11 is 1.44. The van der Waals surface area contributed by atoms with E-state index in [0.717, 1.165) is 26.9 Å². The number of thioether (sulfide) groups is 1. The largest absolute Gasteiger partial charge is 0.450 e. The first-order valence-corrected chi connectivity index (χ1v) is 8.25. The molecule has 0 bridgehead atoms. The fourth-order valence-corrected chi connectivity index (χ4v) is 3.48. The van der Waals surface area contributed by atoms with Crippen LogP contribution in [0.25, 0.3) is 22.0 Å². The van der Waals surface area contributed by atoms with Gasteiger partial charge in [-0.05, 0) is 55.3 Å². The van der Waals surface area contributed by atoms with E-state index >= 15 is 0 Å². The molecule has 3 rings (SSSR count). The molecular formula is C19H16FNO2S. The summed E-state index contributed by atoms with van der Waals surface area (Å²) in [4.78, 5) is 15.3. The van der Waals surface area contributed by atoms with Gasteiger partial charge in [0.05, 0.1) is 5.52 Å². The maximum absolute atomic E-state index is 13.5. The van der Waals surface area contributed by atoms with Crippen LogP contribution in [0.15, 0.2) is 59.6 Å². The van der Waals surface area contributed by atoms with Gasteiger partial charge in [-0.15, -0.1) is 0 Å². The summed E-state index contributed by atoms with van der Waals surface area (Å²) in [6.07, 6.45) is 1.73.